The van der Waals surface area contributed by atoms with Crippen molar-refractivity contribution < 1.29 is 23.9 Å². The van der Waals surface area contributed by atoms with Crippen LogP contribution in [-0.4, -0.2) is 77.1 Å². The second-order valence-corrected chi connectivity index (χ2v) is 11.2. The first kappa shape index (κ1) is 32.4. The van der Waals surface area contributed by atoms with Crippen molar-refractivity contribution in [2.45, 2.75) is 52.6 Å². The molecule has 0 bridgehead atoms. The number of amides is 3. The number of esters is 1. The van der Waals surface area contributed by atoms with Gasteiger partial charge in [0.2, 0.25) is 17.8 Å². The minimum Gasteiger partial charge on any atom is -0.452 e. The van der Waals surface area contributed by atoms with E-state index < -0.39 is 29.3 Å². The Morgan fingerprint density at radius 3 is 2.64 bits per heavy atom. The average Bonchev–Trinajstić information content (AvgIpc) is 3.39. The molecule has 3 rings (SSSR count). The van der Waals surface area contributed by atoms with E-state index in [0.29, 0.717) is 65.7 Å². The van der Waals surface area contributed by atoms with Crippen molar-refractivity contribution in [3.8, 4) is 0 Å². The van der Waals surface area contributed by atoms with Crippen molar-refractivity contribution in [1.82, 2.24) is 20.2 Å². The molecule has 0 saturated carbocycles. The van der Waals surface area contributed by atoms with Gasteiger partial charge in [-0.1, -0.05) is 13.0 Å². The van der Waals surface area contributed by atoms with Crippen LogP contribution in [0.3, 0.4) is 0 Å². The highest BCUT2D eigenvalue weighted by molar-refractivity contribution is 9.10. The summed E-state index contributed by atoms with van der Waals surface area (Å²) in [6.07, 6.45) is 2.46. The van der Waals surface area contributed by atoms with Crippen LogP contribution < -0.4 is 21.3 Å². The van der Waals surface area contributed by atoms with Gasteiger partial charge in [-0.25, -0.2) is 4.98 Å². The van der Waals surface area contributed by atoms with Crippen LogP contribution in [-0.2, 0) is 23.9 Å². The summed E-state index contributed by atoms with van der Waals surface area (Å²) in [5, 5.41) is 20.0. The van der Waals surface area contributed by atoms with Crippen molar-refractivity contribution in [3.05, 3.63) is 34.9 Å². The Morgan fingerprint density at radius 1 is 1.21 bits per heavy atom. The van der Waals surface area contributed by atoms with Crippen LogP contribution in [0.4, 0.5) is 23.1 Å². The zero-order valence-corrected chi connectivity index (χ0v) is 25.8. The Balaban J connectivity index is 1.49. The molecule has 13 nitrogen and oxygen atoms in total. The molecule has 5 N–H and O–H groups in total. The van der Waals surface area contributed by atoms with Gasteiger partial charge in [0.1, 0.15) is 5.82 Å². The van der Waals surface area contributed by atoms with E-state index in [1.165, 1.54) is 11.9 Å². The fraction of sp³-hybridized carbons (Fsp3) is 0.464. The van der Waals surface area contributed by atoms with Gasteiger partial charge in [0.25, 0.3) is 5.91 Å². The van der Waals surface area contributed by atoms with E-state index in [9.17, 15) is 19.2 Å². The third kappa shape index (κ3) is 8.96. The van der Waals surface area contributed by atoms with E-state index in [-0.39, 0.29) is 18.9 Å². The van der Waals surface area contributed by atoms with E-state index >= 15 is 0 Å². The first-order chi connectivity index (χ1) is 19.9. The number of halogens is 1. The molecule has 1 aromatic heterocycles. The lowest BCUT2D eigenvalue weighted by atomic mass is 9.85. The molecule has 0 radical (unpaired) electrons. The van der Waals surface area contributed by atoms with Gasteiger partial charge in [0.05, 0.1) is 16.4 Å². The molecule has 14 heteroatoms. The summed E-state index contributed by atoms with van der Waals surface area (Å²) < 4.78 is 5.65. The molecule has 42 heavy (non-hydrogen) atoms. The summed E-state index contributed by atoms with van der Waals surface area (Å²) in [5.74, 6) is -0.499. The van der Waals surface area contributed by atoms with Crippen molar-refractivity contribution in [2.75, 3.05) is 42.6 Å². The summed E-state index contributed by atoms with van der Waals surface area (Å²) >= 11 is 3.44. The number of hydrogen-bond donors (Lipinski definition) is 5. The maximum absolute atomic E-state index is 12.5. The van der Waals surface area contributed by atoms with E-state index in [1.54, 1.807) is 44.3 Å². The normalized spacial score (nSPS) is 14.5. The van der Waals surface area contributed by atoms with E-state index in [1.807, 2.05) is 6.92 Å². The summed E-state index contributed by atoms with van der Waals surface area (Å²) in [6, 6.07) is 6.96. The summed E-state index contributed by atoms with van der Waals surface area (Å²) in [6.45, 7) is 6.17. The number of ether oxygens (including phenoxy) is 1. The monoisotopic (exact) mass is 644 g/mol. The molecule has 1 atom stereocenters. The number of hydrogen-bond acceptors (Lipinski definition) is 10. The topological polar surface area (TPSA) is 178 Å². The lowest BCUT2D eigenvalue weighted by molar-refractivity contribution is -0.152. The molecule has 1 fully saturated rings. The van der Waals surface area contributed by atoms with Gasteiger partial charge in [-0.05, 0) is 60.8 Å². The fourth-order valence-corrected chi connectivity index (χ4v) is 4.42. The molecule has 1 aliphatic heterocycles. The van der Waals surface area contributed by atoms with E-state index in [0.717, 1.165) is 0 Å². The second kappa shape index (κ2) is 14.7. The Labute approximate surface area is 253 Å². The molecule has 3 amide bonds. The van der Waals surface area contributed by atoms with Crippen molar-refractivity contribution in [1.29, 1.82) is 5.41 Å². The standard InChI is InChI=1S/C28H37BrN8O5/c1-5-21(30)28(2,3)26(41)32-13-7-12-31-24-19(29)15-33-27(36-24)35-18-9-6-8-17(14-18)34-22(38)16-37(4)25(40)20-10-11-23(39)42-20/h6,8-9,14-15,20,30H,5,7,10-13,16H2,1-4H3,(H,32,41)(H,34,38)(H2,31,33,35,36). The minimum atomic E-state index is -0.839. The molecule has 1 aliphatic rings. The van der Waals surface area contributed by atoms with E-state index in [4.69, 9.17) is 10.1 Å². The molecule has 1 saturated heterocycles. The maximum atomic E-state index is 12.5. The third-order valence-electron chi connectivity index (χ3n) is 6.67. The molecule has 2 heterocycles. The Kier molecular flexibility index (Phi) is 11.4. The van der Waals surface area contributed by atoms with E-state index in [2.05, 4.69) is 47.2 Å². The smallest absolute Gasteiger partial charge is 0.306 e. The first-order valence-electron chi connectivity index (χ1n) is 13.6. The number of carbonyl (C=O) groups excluding carboxylic acids is 4. The zero-order chi connectivity index (χ0) is 30.9. The highest BCUT2D eigenvalue weighted by Gasteiger charge is 2.32. The zero-order valence-electron chi connectivity index (χ0n) is 24.2. The van der Waals surface area contributed by atoms with Crippen LogP contribution in [0.25, 0.3) is 0 Å². The highest BCUT2D eigenvalue weighted by atomic mass is 79.9. The SMILES string of the molecule is CCC(=N)C(C)(C)C(=O)NCCCNc1nc(Nc2cccc(NC(=O)CN(C)C(=O)C3CCC(=O)O3)c2)ncc1Br. The van der Waals surface area contributed by atoms with Crippen LogP contribution in [0.5, 0.6) is 0 Å². The molecule has 1 aromatic carbocycles. The van der Waals surface area contributed by atoms with Crippen LogP contribution in [0.2, 0.25) is 0 Å². The van der Waals surface area contributed by atoms with Gasteiger partial charge >= 0.3 is 5.97 Å². The maximum Gasteiger partial charge on any atom is 0.306 e. The molecular weight excluding hydrogens is 608 g/mol. The van der Waals surface area contributed by atoms with Crippen LogP contribution >= 0.6 is 15.9 Å². The molecule has 1 unspecified atom stereocenters. The van der Waals surface area contributed by atoms with Crippen molar-refractivity contribution in [3.63, 3.8) is 0 Å². The van der Waals surface area contributed by atoms with Gasteiger partial charge < -0.3 is 36.3 Å². The quantitative estimate of drug-likeness (QED) is 0.117. The number of cyclic esters (lactones) is 1. The van der Waals surface area contributed by atoms with Gasteiger partial charge in [-0.3, -0.25) is 19.2 Å². The predicted octanol–water partition coefficient (Wildman–Crippen LogP) is 3.46. The van der Waals surface area contributed by atoms with Gasteiger partial charge in [-0.2, -0.15) is 4.98 Å². The largest absolute Gasteiger partial charge is 0.452 e. The number of aromatic nitrogens is 2. The molecule has 0 spiro atoms. The fourth-order valence-electron chi connectivity index (χ4n) is 4.09. The lowest BCUT2D eigenvalue weighted by Gasteiger charge is -2.24. The lowest BCUT2D eigenvalue weighted by Crippen LogP contribution is -2.42. The number of carbonyl (C=O) groups is 4. The van der Waals surface area contributed by atoms with Crippen LogP contribution in [0, 0.1) is 10.8 Å². The van der Waals surface area contributed by atoms with Gasteiger partial charge in [0, 0.05) is 56.3 Å². The Hall–Kier alpha value is -4.07. The molecule has 226 valence electrons. The highest BCUT2D eigenvalue weighted by Crippen LogP contribution is 2.24. The van der Waals surface area contributed by atoms with Crippen LogP contribution in [0.1, 0.15) is 46.5 Å². The summed E-state index contributed by atoms with van der Waals surface area (Å²) in [5.41, 5.74) is 0.699. The number of rotatable bonds is 14. The number of benzene rings is 1. The first-order valence-corrected chi connectivity index (χ1v) is 14.4. The van der Waals surface area contributed by atoms with Gasteiger partial charge in [0.15, 0.2) is 6.10 Å². The summed E-state index contributed by atoms with van der Waals surface area (Å²) in [4.78, 5) is 58.7. The van der Waals surface area contributed by atoms with Crippen molar-refractivity contribution >= 4 is 68.5 Å². The molecular formula is C28H37BrN8O5. The Bertz CT molecular complexity index is 1340. The third-order valence-corrected chi connectivity index (χ3v) is 7.25. The van der Waals surface area contributed by atoms with Crippen molar-refractivity contribution in [2.24, 2.45) is 5.41 Å². The average molecular weight is 646 g/mol. The number of nitrogens with one attached hydrogen (secondary N) is 5. The van der Waals surface area contributed by atoms with Crippen LogP contribution in [0.15, 0.2) is 34.9 Å². The number of nitrogens with zero attached hydrogens (tertiary/aromatic N) is 3. The second-order valence-electron chi connectivity index (χ2n) is 10.3. The summed E-state index contributed by atoms with van der Waals surface area (Å²) in [7, 11) is 1.49. The number of anilines is 4. The van der Waals surface area contributed by atoms with Gasteiger partial charge in [-0.15, -0.1) is 0 Å². The predicted molar refractivity (Wildman–Crippen MR) is 163 cm³/mol. The number of likely N-dealkylation sites (N-methyl/N-ethyl adjacent to an activating group) is 1. The molecule has 0 aliphatic carbocycles. The minimum absolute atomic E-state index is 0.167. The Morgan fingerprint density at radius 2 is 1.95 bits per heavy atom. The molecule has 2 aromatic rings.